The third-order valence-corrected chi connectivity index (χ3v) is 6.80. The van der Waals surface area contributed by atoms with Gasteiger partial charge < -0.3 is 5.32 Å². The maximum absolute atomic E-state index is 13.3. The number of aryl methyl sites for hydroxylation is 1. The van der Waals surface area contributed by atoms with Crippen LogP contribution in [-0.4, -0.2) is 26.2 Å². The number of para-hydroxylation sites is 1. The molecule has 166 valence electrons. The van der Waals surface area contributed by atoms with E-state index < -0.39 is 10.8 Å². The number of aromatic nitrogens is 2. The number of amides is 1. The van der Waals surface area contributed by atoms with Gasteiger partial charge in [0.05, 0.1) is 28.8 Å². The van der Waals surface area contributed by atoms with Crippen molar-refractivity contribution in [1.82, 2.24) is 14.9 Å². The molecule has 0 aliphatic carbocycles. The van der Waals surface area contributed by atoms with E-state index >= 15 is 0 Å². The Kier molecular flexibility index (Phi) is 7.05. The predicted octanol–water partition coefficient (Wildman–Crippen LogP) is 4.29. The van der Waals surface area contributed by atoms with Gasteiger partial charge in [-0.1, -0.05) is 67.6 Å². The molecule has 0 saturated heterocycles. The Morgan fingerprint density at radius 3 is 2.47 bits per heavy atom. The minimum Gasteiger partial charge on any atom is -0.337 e. The molecule has 0 saturated carbocycles. The monoisotopic (exact) mass is 448 g/mol. The summed E-state index contributed by atoms with van der Waals surface area (Å²) in [5.74, 6) is -0.316. The van der Waals surface area contributed by atoms with E-state index in [1.807, 2.05) is 57.2 Å². The summed E-state index contributed by atoms with van der Waals surface area (Å²) in [7, 11) is 0. The van der Waals surface area contributed by atoms with Crippen molar-refractivity contribution in [2.24, 2.45) is 5.92 Å². The van der Waals surface area contributed by atoms with Crippen molar-refractivity contribution in [1.29, 1.82) is 5.26 Å². The molecule has 3 aromatic rings. The van der Waals surface area contributed by atoms with Gasteiger partial charge in [-0.25, -0.2) is 4.98 Å². The third-order valence-electron chi connectivity index (χ3n) is 5.71. The molecule has 32 heavy (non-hydrogen) atoms. The second-order valence-corrected chi connectivity index (χ2v) is 9.81. The van der Waals surface area contributed by atoms with E-state index in [2.05, 4.69) is 11.4 Å². The SMILES string of the molecule is Cc1ccc(Cn2c(SC(C)C(=O)NC(C)(C#N)C(C)C)nc3ccccc3c2=O)cc1. The Bertz CT molecular complexity index is 1230. The second-order valence-electron chi connectivity index (χ2n) is 8.51. The molecule has 2 aromatic carbocycles. The summed E-state index contributed by atoms with van der Waals surface area (Å²) in [6.07, 6.45) is 0. The fraction of sp³-hybridized carbons (Fsp3) is 0.360. The van der Waals surface area contributed by atoms with Crippen LogP contribution < -0.4 is 10.9 Å². The lowest BCUT2D eigenvalue weighted by atomic mass is 9.90. The zero-order chi connectivity index (χ0) is 23.5. The first-order chi connectivity index (χ1) is 15.1. The van der Waals surface area contributed by atoms with E-state index in [4.69, 9.17) is 4.98 Å². The van der Waals surface area contributed by atoms with Crippen LogP contribution in [0.1, 0.15) is 38.8 Å². The van der Waals surface area contributed by atoms with Gasteiger partial charge in [-0.3, -0.25) is 14.2 Å². The van der Waals surface area contributed by atoms with Gasteiger partial charge in [0.15, 0.2) is 5.16 Å². The topological polar surface area (TPSA) is 87.8 Å². The number of carbonyl (C=O) groups is 1. The smallest absolute Gasteiger partial charge is 0.262 e. The fourth-order valence-corrected chi connectivity index (χ4v) is 4.03. The molecule has 0 spiro atoms. The number of nitrogens with zero attached hydrogens (tertiary/aromatic N) is 3. The van der Waals surface area contributed by atoms with Crippen LogP contribution in [0.3, 0.4) is 0 Å². The minimum absolute atomic E-state index is 0.0489. The Balaban J connectivity index is 1.97. The van der Waals surface area contributed by atoms with Crippen LogP contribution in [0, 0.1) is 24.2 Å². The lowest BCUT2D eigenvalue weighted by molar-refractivity contribution is -0.121. The van der Waals surface area contributed by atoms with Crippen LogP contribution in [0.15, 0.2) is 58.5 Å². The fourth-order valence-electron chi connectivity index (χ4n) is 3.12. The molecule has 1 amide bonds. The Morgan fingerprint density at radius 2 is 1.84 bits per heavy atom. The number of hydrogen-bond acceptors (Lipinski definition) is 5. The van der Waals surface area contributed by atoms with Crippen molar-refractivity contribution in [3.05, 3.63) is 70.0 Å². The average molecular weight is 449 g/mol. The van der Waals surface area contributed by atoms with Gasteiger partial charge in [-0.05, 0) is 44.4 Å². The number of nitriles is 1. The van der Waals surface area contributed by atoms with E-state index in [9.17, 15) is 14.9 Å². The molecule has 3 rings (SSSR count). The van der Waals surface area contributed by atoms with Crippen LogP contribution in [0.25, 0.3) is 10.9 Å². The molecular formula is C25H28N4O2S. The quantitative estimate of drug-likeness (QED) is 0.430. The van der Waals surface area contributed by atoms with E-state index in [-0.39, 0.29) is 17.4 Å². The van der Waals surface area contributed by atoms with Crippen LogP contribution in [0.4, 0.5) is 0 Å². The molecule has 7 heteroatoms. The van der Waals surface area contributed by atoms with Gasteiger partial charge in [0.25, 0.3) is 5.56 Å². The molecule has 0 bridgehead atoms. The number of hydrogen-bond donors (Lipinski definition) is 1. The van der Waals surface area contributed by atoms with E-state index in [1.54, 1.807) is 30.5 Å². The van der Waals surface area contributed by atoms with Crippen LogP contribution in [0.2, 0.25) is 0 Å². The van der Waals surface area contributed by atoms with Crippen LogP contribution in [0.5, 0.6) is 0 Å². The van der Waals surface area contributed by atoms with E-state index in [0.717, 1.165) is 11.1 Å². The molecule has 2 unspecified atom stereocenters. The molecule has 1 N–H and O–H groups in total. The van der Waals surface area contributed by atoms with Gasteiger partial charge in [0.1, 0.15) is 5.54 Å². The third kappa shape index (κ3) is 5.03. The van der Waals surface area contributed by atoms with Crippen molar-refractivity contribution in [2.75, 3.05) is 0 Å². The van der Waals surface area contributed by atoms with Crippen LogP contribution in [-0.2, 0) is 11.3 Å². The number of thioether (sulfide) groups is 1. The highest BCUT2D eigenvalue weighted by atomic mass is 32.2. The Hall–Kier alpha value is -3.11. The average Bonchev–Trinajstić information content (AvgIpc) is 2.77. The number of benzene rings is 2. The second kappa shape index (κ2) is 9.58. The lowest BCUT2D eigenvalue weighted by Gasteiger charge is -2.28. The number of rotatable bonds is 7. The van der Waals surface area contributed by atoms with Crippen molar-refractivity contribution in [3.63, 3.8) is 0 Å². The predicted molar refractivity (Wildman–Crippen MR) is 129 cm³/mol. The maximum Gasteiger partial charge on any atom is 0.262 e. The number of carbonyl (C=O) groups excluding carboxylic acids is 1. The van der Waals surface area contributed by atoms with Gasteiger partial charge in [0.2, 0.25) is 5.91 Å². The molecule has 0 fully saturated rings. The summed E-state index contributed by atoms with van der Waals surface area (Å²) in [6, 6.07) is 17.4. The normalized spacial score (nSPS) is 14.0. The Labute approximate surface area is 192 Å². The molecule has 6 nitrogen and oxygen atoms in total. The van der Waals surface area contributed by atoms with Crippen molar-refractivity contribution < 1.29 is 4.79 Å². The summed E-state index contributed by atoms with van der Waals surface area (Å²) in [4.78, 5) is 30.9. The summed E-state index contributed by atoms with van der Waals surface area (Å²) in [5, 5.41) is 12.9. The summed E-state index contributed by atoms with van der Waals surface area (Å²) >= 11 is 1.22. The Morgan fingerprint density at radius 1 is 1.19 bits per heavy atom. The van der Waals surface area contributed by atoms with Gasteiger partial charge in [-0.2, -0.15) is 5.26 Å². The highest BCUT2D eigenvalue weighted by Crippen LogP contribution is 2.25. The zero-order valence-electron chi connectivity index (χ0n) is 19.0. The summed E-state index contributed by atoms with van der Waals surface area (Å²) in [5.41, 5.74) is 1.60. The van der Waals surface area contributed by atoms with Crippen molar-refractivity contribution in [2.45, 2.75) is 57.1 Å². The van der Waals surface area contributed by atoms with Crippen molar-refractivity contribution >= 4 is 28.6 Å². The summed E-state index contributed by atoms with van der Waals surface area (Å²) < 4.78 is 1.62. The highest BCUT2D eigenvalue weighted by Gasteiger charge is 2.32. The lowest BCUT2D eigenvalue weighted by Crippen LogP contribution is -2.51. The molecule has 1 heterocycles. The number of nitrogens with one attached hydrogen (secondary N) is 1. The first-order valence-corrected chi connectivity index (χ1v) is 11.5. The van der Waals surface area contributed by atoms with Crippen LogP contribution >= 0.6 is 11.8 Å². The molecular weight excluding hydrogens is 420 g/mol. The zero-order valence-corrected chi connectivity index (χ0v) is 19.9. The molecule has 0 radical (unpaired) electrons. The van der Waals surface area contributed by atoms with E-state index in [1.165, 1.54) is 11.8 Å². The standard InChI is InChI=1S/C25H28N4O2S/c1-16(2)25(5,15-26)28-22(30)18(4)32-24-27-21-9-7-6-8-20(21)23(31)29(24)14-19-12-10-17(3)11-13-19/h6-13,16,18H,14H2,1-5H3,(H,28,30). The summed E-state index contributed by atoms with van der Waals surface area (Å²) in [6.45, 7) is 9.64. The van der Waals surface area contributed by atoms with Crippen molar-refractivity contribution in [3.8, 4) is 6.07 Å². The number of fused-ring (bicyclic) bond motifs is 1. The maximum atomic E-state index is 13.3. The molecule has 1 aromatic heterocycles. The first kappa shape index (κ1) is 23.6. The molecule has 0 aliphatic rings. The highest BCUT2D eigenvalue weighted by molar-refractivity contribution is 8.00. The van der Waals surface area contributed by atoms with Gasteiger partial charge >= 0.3 is 0 Å². The van der Waals surface area contributed by atoms with E-state index in [0.29, 0.717) is 22.6 Å². The molecule has 2 atom stereocenters. The molecule has 0 aliphatic heterocycles. The minimum atomic E-state index is -0.968. The van der Waals surface area contributed by atoms with Gasteiger partial charge in [-0.15, -0.1) is 0 Å². The van der Waals surface area contributed by atoms with Gasteiger partial charge in [0, 0.05) is 0 Å². The first-order valence-electron chi connectivity index (χ1n) is 10.6. The largest absolute Gasteiger partial charge is 0.337 e.